The van der Waals surface area contributed by atoms with Crippen LogP contribution in [0.15, 0.2) is 29.7 Å². The van der Waals surface area contributed by atoms with Crippen LogP contribution in [0.5, 0.6) is 11.5 Å². The number of carbonyl (C=O) groups excluding carboxylic acids is 1. The van der Waals surface area contributed by atoms with Crippen molar-refractivity contribution < 1.29 is 22.7 Å². The zero-order valence-corrected chi connectivity index (χ0v) is 15.2. The number of rotatable bonds is 6. The minimum atomic E-state index is -3.99. The van der Waals surface area contributed by atoms with Crippen LogP contribution in [-0.2, 0) is 10.0 Å². The molecule has 4 N–H and O–H groups in total. The largest absolute Gasteiger partial charge is 0.486 e. The number of hydrogen-bond acceptors (Lipinski definition) is 6. The van der Waals surface area contributed by atoms with Crippen LogP contribution in [0.25, 0.3) is 0 Å². The molecule has 8 nitrogen and oxygen atoms in total. The van der Waals surface area contributed by atoms with Gasteiger partial charge in [0.2, 0.25) is 10.0 Å². The summed E-state index contributed by atoms with van der Waals surface area (Å²) in [6, 6.07) is 2.50. The monoisotopic (exact) mass is 381 g/mol. The predicted molar refractivity (Wildman–Crippen MR) is 95.9 cm³/mol. The van der Waals surface area contributed by atoms with Crippen LogP contribution in [0.2, 0.25) is 0 Å². The highest BCUT2D eigenvalue weighted by molar-refractivity contribution is 7.89. The molecule has 2 aliphatic heterocycles. The third-order valence-electron chi connectivity index (χ3n) is 4.51. The molecule has 0 bridgehead atoms. The Labute approximate surface area is 152 Å². The molecule has 1 aromatic carbocycles. The summed E-state index contributed by atoms with van der Waals surface area (Å²) in [6.45, 7) is 5.20. The fourth-order valence-corrected chi connectivity index (χ4v) is 3.82. The number of ether oxygens (including phenoxy) is 2. The Hall–Kier alpha value is -2.10. The number of primary sulfonamides is 1. The van der Waals surface area contributed by atoms with E-state index in [0.29, 0.717) is 6.42 Å². The number of benzene rings is 1. The highest BCUT2D eigenvalue weighted by Gasteiger charge is 2.29. The van der Waals surface area contributed by atoms with Crippen molar-refractivity contribution in [3.8, 4) is 11.5 Å². The molecule has 2 unspecified atom stereocenters. The van der Waals surface area contributed by atoms with E-state index in [0.717, 1.165) is 19.4 Å². The van der Waals surface area contributed by atoms with Crippen LogP contribution in [0.4, 0.5) is 0 Å². The Kier molecular flexibility index (Phi) is 5.49. The van der Waals surface area contributed by atoms with E-state index in [-0.39, 0.29) is 47.3 Å². The number of nitrogens with one attached hydrogen (secondary N) is 2. The number of nitrogens with two attached hydrogens (primary N) is 1. The lowest BCUT2D eigenvalue weighted by Crippen LogP contribution is -2.47. The van der Waals surface area contributed by atoms with Crippen molar-refractivity contribution in [3.63, 3.8) is 0 Å². The van der Waals surface area contributed by atoms with Gasteiger partial charge in [0.05, 0.1) is 10.5 Å². The van der Waals surface area contributed by atoms with Gasteiger partial charge in [0.1, 0.15) is 13.2 Å². The summed E-state index contributed by atoms with van der Waals surface area (Å²) >= 11 is 0. The second kappa shape index (κ2) is 7.65. The zero-order valence-electron chi connectivity index (χ0n) is 14.4. The third-order valence-corrected chi connectivity index (χ3v) is 5.40. The van der Waals surface area contributed by atoms with Crippen LogP contribution in [0, 0.1) is 0 Å². The van der Waals surface area contributed by atoms with Crippen molar-refractivity contribution in [1.82, 2.24) is 10.6 Å². The van der Waals surface area contributed by atoms with Crippen LogP contribution in [-0.4, -0.2) is 46.2 Å². The lowest BCUT2D eigenvalue weighted by molar-refractivity contribution is 0.0918. The Balaban J connectivity index is 1.93. The van der Waals surface area contributed by atoms with Crippen molar-refractivity contribution in [3.05, 3.63) is 30.4 Å². The molecule has 1 fully saturated rings. The molecule has 0 saturated carbocycles. The van der Waals surface area contributed by atoms with Crippen molar-refractivity contribution in [2.75, 3.05) is 19.8 Å². The fraction of sp³-hybridized carbons (Fsp3) is 0.471. The first-order valence-electron chi connectivity index (χ1n) is 8.51. The first kappa shape index (κ1) is 18.7. The number of fused-ring (bicyclic) bond motifs is 1. The SMILES string of the molecule is C=CCC(NC(=O)c1cc(S(N)(=O)=O)cc2c1OCCO2)C1CCCN1. The smallest absolute Gasteiger partial charge is 0.255 e. The molecular weight excluding hydrogens is 358 g/mol. The molecule has 9 heteroatoms. The maximum Gasteiger partial charge on any atom is 0.255 e. The minimum Gasteiger partial charge on any atom is -0.486 e. The fourth-order valence-electron chi connectivity index (χ4n) is 3.27. The van der Waals surface area contributed by atoms with E-state index in [1.807, 2.05) is 0 Å². The van der Waals surface area contributed by atoms with E-state index in [9.17, 15) is 13.2 Å². The summed E-state index contributed by atoms with van der Waals surface area (Å²) in [7, 11) is -3.99. The van der Waals surface area contributed by atoms with Gasteiger partial charge < -0.3 is 20.1 Å². The Morgan fingerprint density at radius 2 is 2.19 bits per heavy atom. The van der Waals surface area contributed by atoms with Crippen molar-refractivity contribution in [2.24, 2.45) is 5.14 Å². The normalized spacial score (nSPS) is 20.4. The summed E-state index contributed by atoms with van der Waals surface area (Å²) in [5.41, 5.74) is 0.0956. The van der Waals surface area contributed by atoms with Gasteiger partial charge in [0.15, 0.2) is 11.5 Å². The average molecular weight is 381 g/mol. The molecule has 26 heavy (non-hydrogen) atoms. The van der Waals surface area contributed by atoms with E-state index >= 15 is 0 Å². The molecule has 1 amide bonds. The van der Waals surface area contributed by atoms with Gasteiger partial charge in [-0.25, -0.2) is 13.6 Å². The van der Waals surface area contributed by atoms with Gasteiger partial charge in [-0.05, 0) is 31.9 Å². The van der Waals surface area contributed by atoms with Gasteiger partial charge in [0, 0.05) is 18.2 Å². The molecule has 1 saturated heterocycles. The van der Waals surface area contributed by atoms with Crippen molar-refractivity contribution in [1.29, 1.82) is 0 Å². The van der Waals surface area contributed by atoms with Crippen molar-refractivity contribution >= 4 is 15.9 Å². The number of hydrogen-bond donors (Lipinski definition) is 3. The van der Waals surface area contributed by atoms with Crippen LogP contribution in [0.3, 0.4) is 0 Å². The Morgan fingerprint density at radius 3 is 2.85 bits per heavy atom. The molecule has 1 aromatic rings. The molecule has 0 spiro atoms. The first-order chi connectivity index (χ1) is 12.4. The summed E-state index contributed by atoms with van der Waals surface area (Å²) in [5.74, 6) is 0.00266. The lowest BCUT2D eigenvalue weighted by atomic mass is 10.0. The van der Waals surface area contributed by atoms with Gasteiger partial charge in [-0.3, -0.25) is 4.79 Å². The van der Waals surface area contributed by atoms with Gasteiger partial charge in [-0.2, -0.15) is 0 Å². The lowest BCUT2D eigenvalue weighted by Gasteiger charge is -2.26. The molecule has 0 aromatic heterocycles. The average Bonchev–Trinajstić information content (AvgIpc) is 3.14. The van der Waals surface area contributed by atoms with Gasteiger partial charge in [-0.1, -0.05) is 6.08 Å². The summed E-state index contributed by atoms with van der Waals surface area (Å²) < 4.78 is 34.5. The standard InChI is InChI=1S/C17H23N3O5S/c1-2-4-14(13-5-3-6-19-13)20-17(21)12-9-11(26(18,22)23)10-15-16(12)25-8-7-24-15/h2,9-10,13-14,19H,1,3-8H2,(H,20,21)(H2,18,22,23). The maximum absolute atomic E-state index is 12.9. The molecule has 2 aliphatic rings. The van der Waals surface area contributed by atoms with Crippen molar-refractivity contribution in [2.45, 2.75) is 36.2 Å². The second-order valence-electron chi connectivity index (χ2n) is 6.35. The Morgan fingerprint density at radius 1 is 1.42 bits per heavy atom. The molecule has 0 radical (unpaired) electrons. The molecule has 142 valence electrons. The number of amides is 1. The summed E-state index contributed by atoms with van der Waals surface area (Å²) in [5, 5.41) is 11.6. The van der Waals surface area contributed by atoms with E-state index < -0.39 is 15.9 Å². The first-order valence-corrected chi connectivity index (χ1v) is 10.1. The minimum absolute atomic E-state index is 0.0956. The maximum atomic E-state index is 12.9. The van der Waals surface area contributed by atoms with E-state index in [1.54, 1.807) is 6.08 Å². The topological polar surface area (TPSA) is 120 Å². The predicted octanol–water partition coefficient (Wildman–Crippen LogP) is 0.532. The Bertz CT molecular complexity index is 803. The highest BCUT2D eigenvalue weighted by atomic mass is 32.2. The van der Waals surface area contributed by atoms with Gasteiger partial charge in [0.25, 0.3) is 5.91 Å². The molecule has 0 aliphatic carbocycles. The number of carbonyl (C=O) groups is 1. The van der Waals surface area contributed by atoms with Crippen LogP contribution in [0.1, 0.15) is 29.6 Å². The highest BCUT2D eigenvalue weighted by Crippen LogP contribution is 2.36. The van der Waals surface area contributed by atoms with E-state index in [2.05, 4.69) is 17.2 Å². The van der Waals surface area contributed by atoms with E-state index in [4.69, 9.17) is 14.6 Å². The van der Waals surface area contributed by atoms with Gasteiger partial charge >= 0.3 is 0 Å². The van der Waals surface area contributed by atoms with Crippen LogP contribution >= 0.6 is 0 Å². The second-order valence-corrected chi connectivity index (χ2v) is 7.91. The summed E-state index contributed by atoms with van der Waals surface area (Å²) in [6.07, 6.45) is 4.34. The zero-order chi connectivity index (χ0) is 18.7. The molecular formula is C17H23N3O5S. The number of sulfonamides is 1. The molecule has 3 rings (SSSR count). The third kappa shape index (κ3) is 4.00. The summed E-state index contributed by atoms with van der Waals surface area (Å²) in [4.78, 5) is 12.7. The van der Waals surface area contributed by atoms with E-state index in [1.165, 1.54) is 12.1 Å². The van der Waals surface area contributed by atoms with Crippen LogP contribution < -0.4 is 25.2 Å². The quantitative estimate of drug-likeness (QED) is 0.619. The van der Waals surface area contributed by atoms with Gasteiger partial charge in [-0.15, -0.1) is 6.58 Å². The molecule has 2 atom stereocenters. The molecule has 2 heterocycles.